The molecule has 2 aromatic carbocycles. The van der Waals surface area contributed by atoms with Crippen LogP contribution in [0.25, 0.3) is 0 Å². The number of carbonyl (C=O) groups is 2. The molecule has 2 rings (SSSR count). The van der Waals surface area contributed by atoms with E-state index in [1.807, 2.05) is 39.0 Å². The molecule has 0 bridgehead atoms. The van der Waals surface area contributed by atoms with E-state index in [1.165, 1.54) is 5.56 Å². The highest BCUT2D eigenvalue weighted by Crippen LogP contribution is 2.16. The van der Waals surface area contributed by atoms with Crippen LogP contribution in [0.4, 0.5) is 0 Å². The Morgan fingerprint density at radius 2 is 1.43 bits per heavy atom. The third-order valence-corrected chi connectivity index (χ3v) is 5.36. The van der Waals surface area contributed by atoms with Gasteiger partial charge in [-0.25, -0.2) is 0 Å². The Labute approximate surface area is 181 Å². The lowest BCUT2D eigenvalue weighted by Gasteiger charge is -2.29. The van der Waals surface area contributed by atoms with Crippen molar-refractivity contribution in [3.05, 3.63) is 71.3 Å². The van der Waals surface area contributed by atoms with Gasteiger partial charge < -0.3 is 10.2 Å². The quantitative estimate of drug-likeness (QED) is 0.618. The summed E-state index contributed by atoms with van der Waals surface area (Å²) >= 11 is 0. The summed E-state index contributed by atoms with van der Waals surface area (Å²) in [6.45, 7) is 10.6. The summed E-state index contributed by atoms with van der Waals surface area (Å²) in [5, 5.41) is 2.93. The van der Waals surface area contributed by atoms with Gasteiger partial charge in [0.2, 0.25) is 11.8 Å². The summed E-state index contributed by atoms with van der Waals surface area (Å²) in [6.07, 6.45) is 1.81. The van der Waals surface area contributed by atoms with Gasteiger partial charge >= 0.3 is 0 Å². The van der Waals surface area contributed by atoms with Crippen LogP contribution >= 0.6 is 0 Å². The van der Waals surface area contributed by atoms with Gasteiger partial charge in [-0.3, -0.25) is 9.59 Å². The molecular weight excluding hydrogens is 372 g/mol. The molecule has 0 saturated carbocycles. The third kappa shape index (κ3) is 7.33. The van der Waals surface area contributed by atoms with Crippen LogP contribution in [-0.4, -0.2) is 35.3 Å². The Hall–Kier alpha value is -2.62. The van der Waals surface area contributed by atoms with Crippen molar-refractivity contribution >= 4 is 11.8 Å². The van der Waals surface area contributed by atoms with Crippen molar-refractivity contribution in [3.8, 4) is 0 Å². The molecule has 1 atom stereocenters. The molecule has 0 fully saturated rings. The monoisotopic (exact) mass is 408 g/mol. The molecular formula is C26H36N2O2. The number of aryl methyl sites for hydroxylation is 1. The number of benzene rings is 2. The molecule has 0 spiro atoms. The second-order valence-corrected chi connectivity index (χ2v) is 8.56. The first-order valence-electron chi connectivity index (χ1n) is 11.0. The topological polar surface area (TPSA) is 49.4 Å². The van der Waals surface area contributed by atoms with Crippen molar-refractivity contribution in [1.82, 2.24) is 10.2 Å². The SMILES string of the molecule is CC(C)NC(=O)C(C)N(CCc1ccccc1)C(=O)CCc1ccc(C(C)C)cc1. The van der Waals surface area contributed by atoms with Crippen molar-refractivity contribution in [2.45, 2.75) is 71.9 Å². The highest BCUT2D eigenvalue weighted by molar-refractivity contribution is 5.87. The average molecular weight is 409 g/mol. The fourth-order valence-electron chi connectivity index (χ4n) is 3.44. The van der Waals surface area contributed by atoms with Crippen LogP contribution in [0.3, 0.4) is 0 Å². The summed E-state index contributed by atoms with van der Waals surface area (Å²) in [7, 11) is 0. The molecule has 2 amide bonds. The Kier molecular flexibility index (Phi) is 9.10. The summed E-state index contributed by atoms with van der Waals surface area (Å²) in [6, 6.07) is 18.1. The summed E-state index contributed by atoms with van der Waals surface area (Å²) in [5.74, 6) is 0.410. The molecule has 0 saturated heterocycles. The van der Waals surface area contributed by atoms with Crippen molar-refractivity contribution in [3.63, 3.8) is 0 Å². The van der Waals surface area contributed by atoms with Gasteiger partial charge in [0.05, 0.1) is 0 Å². The first-order chi connectivity index (χ1) is 14.3. The smallest absolute Gasteiger partial charge is 0.242 e. The van der Waals surface area contributed by atoms with E-state index in [1.54, 1.807) is 4.90 Å². The molecule has 0 aliphatic rings. The van der Waals surface area contributed by atoms with Gasteiger partial charge in [-0.15, -0.1) is 0 Å². The van der Waals surface area contributed by atoms with Crippen LogP contribution in [0.5, 0.6) is 0 Å². The van der Waals surface area contributed by atoms with E-state index < -0.39 is 6.04 Å². The van der Waals surface area contributed by atoms with Gasteiger partial charge in [-0.1, -0.05) is 68.4 Å². The molecule has 0 aromatic heterocycles. The van der Waals surface area contributed by atoms with Crippen molar-refractivity contribution in [1.29, 1.82) is 0 Å². The molecule has 4 heteroatoms. The molecule has 1 N–H and O–H groups in total. The van der Waals surface area contributed by atoms with E-state index in [2.05, 4.69) is 55.6 Å². The molecule has 4 nitrogen and oxygen atoms in total. The van der Waals surface area contributed by atoms with Crippen LogP contribution in [0, 0.1) is 0 Å². The molecule has 0 aliphatic carbocycles. The minimum Gasteiger partial charge on any atom is -0.352 e. The van der Waals surface area contributed by atoms with E-state index in [4.69, 9.17) is 0 Å². The van der Waals surface area contributed by atoms with Gasteiger partial charge in [-0.05, 0) is 56.2 Å². The number of amides is 2. The second kappa shape index (κ2) is 11.5. The largest absolute Gasteiger partial charge is 0.352 e. The maximum Gasteiger partial charge on any atom is 0.242 e. The predicted molar refractivity (Wildman–Crippen MR) is 123 cm³/mol. The fourth-order valence-corrected chi connectivity index (χ4v) is 3.44. The lowest BCUT2D eigenvalue weighted by atomic mass is 10.00. The minimum absolute atomic E-state index is 0.0188. The van der Waals surface area contributed by atoms with E-state index in [9.17, 15) is 9.59 Å². The van der Waals surface area contributed by atoms with Gasteiger partial charge in [0.25, 0.3) is 0 Å². The van der Waals surface area contributed by atoms with Crippen LogP contribution in [0.1, 0.15) is 63.6 Å². The Balaban J connectivity index is 2.05. The number of hydrogen-bond donors (Lipinski definition) is 1. The van der Waals surface area contributed by atoms with E-state index in [0.29, 0.717) is 25.3 Å². The normalized spacial score (nSPS) is 12.1. The van der Waals surface area contributed by atoms with Crippen LogP contribution in [-0.2, 0) is 22.4 Å². The van der Waals surface area contributed by atoms with Gasteiger partial charge in [-0.2, -0.15) is 0 Å². The minimum atomic E-state index is -0.494. The first kappa shape index (κ1) is 23.7. The highest BCUT2D eigenvalue weighted by atomic mass is 16.2. The second-order valence-electron chi connectivity index (χ2n) is 8.56. The summed E-state index contributed by atoms with van der Waals surface area (Å²) < 4.78 is 0. The number of nitrogens with one attached hydrogen (secondary N) is 1. The number of carbonyl (C=O) groups excluding carboxylic acids is 2. The maximum atomic E-state index is 13.1. The predicted octanol–water partition coefficient (Wildman–Crippen LogP) is 4.73. The van der Waals surface area contributed by atoms with E-state index in [-0.39, 0.29) is 17.9 Å². The molecule has 30 heavy (non-hydrogen) atoms. The average Bonchev–Trinajstić information content (AvgIpc) is 2.72. The van der Waals surface area contributed by atoms with Crippen molar-refractivity contribution < 1.29 is 9.59 Å². The molecule has 162 valence electrons. The van der Waals surface area contributed by atoms with Crippen LogP contribution in [0.15, 0.2) is 54.6 Å². The third-order valence-electron chi connectivity index (χ3n) is 5.36. The van der Waals surface area contributed by atoms with E-state index >= 15 is 0 Å². The van der Waals surface area contributed by atoms with Gasteiger partial charge in [0.15, 0.2) is 0 Å². The first-order valence-corrected chi connectivity index (χ1v) is 11.0. The number of rotatable bonds is 10. The number of hydrogen-bond acceptors (Lipinski definition) is 2. The van der Waals surface area contributed by atoms with E-state index in [0.717, 1.165) is 17.5 Å². The van der Waals surface area contributed by atoms with Gasteiger partial charge in [0, 0.05) is 19.0 Å². The maximum absolute atomic E-state index is 13.1. The Morgan fingerprint density at radius 3 is 2.00 bits per heavy atom. The molecule has 0 radical (unpaired) electrons. The van der Waals surface area contributed by atoms with Crippen LogP contribution < -0.4 is 5.32 Å². The zero-order valence-corrected chi connectivity index (χ0v) is 19.0. The highest BCUT2D eigenvalue weighted by Gasteiger charge is 2.25. The zero-order chi connectivity index (χ0) is 22.1. The Morgan fingerprint density at radius 1 is 0.833 bits per heavy atom. The van der Waals surface area contributed by atoms with Crippen molar-refractivity contribution in [2.24, 2.45) is 0 Å². The lowest BCUT2D eigenvalue weighted by Crippen LogP contribution is -2.50. The standard InChI is InChI=1S/C26H36N2O2/c1-19(2)24-14-11-23(12-15-24)13-16-25(29)28(21(5)26(30)27-20(3)4)18-17-22-9-7-6-8-10-22/h6-12,14-15,19-21H,13,16-18H2,1-5H3,(H,27,30). The lowest BCUT2D eigenvalue weighted by molar-refractivity contribution is -0.140. The fraction of sp³-hybridized carbons (Fsp3) is 0.462. The summed E-state index contributed by atoms with van der Waals surface area (Å²) in [4.78, 5) is 27.4. The zero-order valence-electron chi connectivity index (χ0n) is 19.0. The molecule has 0 aliphatic heterocycles. The molecule has 2 aromatic rings. The van der Waals surface area contributed by atoms with Crippen LogP contribution in [0.2, 0.25) is 0 Å². The number of nitrogens with zero attached hydrogens (tertiary/aromatic N) is 1. The molecule has 1 unspecified atom stereocenters. The van der Waals surface area contributed by atoms with Crippen molar-refractivity contribution in [2.75, 3.05) is 6.54 Å². The summed E-state index contributed by atoms with van der Waals surface area (Å²) in [5.41, 5.74) is 3.61. The Bertz CT molecular complexity index is 798. The van der Waals surface area contributed by atoms with Gasteiger partial charge in [0.1, 0.15) is 6.04 Å². The molecule has 0 heterocycles.